The number of carbonyl (C=O) groups excluding carboxylic acids is 2. The molecule has 52 heavy (non-hydrogen) atoms. The maximum absolute atomic E-state index is 12.5. The standard InChI is InChI=1S/C44H52N2O6/c1-3-5-31-49-39-25-17-37(18-26-39)43(47)51-41-21-13-35(14-22-41)33-45-29-11-9-7-8-10-12-30-46-34-36-15-23-42(24-16-36)52-44(48)38-19-27-40(28-20-38)50-32-6-4-2/h13-28,33-34H,3-12,29-32H2,1-2H3. The fraction of sp³-hybridized carbons (Fsp3) is 0.364. The smallest absolute Gasteiger partial charge is 0.343 e. The Hall–Kier alpha value is -5.24. The molecule has 274 valence electrons. The van der Waals surface area contributed by atoms with Crippen LogP contribution in [0.4, 0.5) is 0 Å². The molecule has 0 fully saturated rings. The lowest BCUT2D eigenvalue weighted by Gasteiger charge is -2.07. The van der Waals surface area contributed by atoms with E-state index in [-0.39, 0.29) is 0 Å². The van der Waals surface area contributed by atoms with Crippen LogP contribution in [0.15, 0.2) is 107 Å². The van der Waals surface area contributed by atoms with Gasteiger partial charge in [-0.3, -0.25) is 9.98 Å². The van der Waals surface area contributed by atoms with E-state index in [0.29, 0.717) is 35.8 Å². The molecule has 0 aliphatic rings. The molecule has 0 heterocycles. The second-order valence-electron chi connectivity index (χ2n) is 12.6. The number of hydrogen-bond acceptors (Lipinski definition) is 8. The molecule has 0 aromatic heterocycles. The Morgan fingerprint density at radius 3 is 1.17 bits per heavy atom. The first-order valence-corrected chi connectivity index (χ1v) is 18.6. The van der Waals surface area contributed by atoms with Gasteiger partial charge in [-0.15, -0.1) is 0 Å². The van der Waals surface area contributed by atoms with Crippen LogP contribution in [0.5, 0.6) is 23.0 Å². The van der Waals surface area contributed by atoms with Gasteiger partial charge >= 0.3 is 11.9 Å². The van der Waals surface area contributed by atoms with E-state index in [0.717, 1.165) is 87.1 Å². The first-order chi connectivity index (χ1) is 25.5. The van der Waals surface area contributed by atoms with Gasteiger partial charge in [0.05, 0.1) is 24.3 Å². The molecule has 0 aliphatic carbocycles. The van der Waals surface area contributed by atoms with Crippen LogP contribution in [0, 0.1) is 0 Å². The molecule has 0 saturated carbocycles. The van der Waals surface area contributed by atoms with Crippen molar-refractivity contribution in [3.63, 3.8) is 0 Å². The third kappa shape index (κ3) is 14.9. The SMILES string of the molecule is CCCCOc1ccc(C(=O)Oc2ccc(C=NCCCCCCCCN=Cc3ccc(OC(=O)c4ccc(OCCCC)cc4)cc3)cc2)cc1. The second kappa shape index (κ2) is 23.3. The zero-order valence-corrected chi connectivity index (χ0v) is 30.6. The predicted octanol–water partition coefficient (Wildman–Crippen LogP) is 10.4. The topological polar surface area (TPSA) is 95.8 Å². The number of nitrogens with zero attached hydrogens (tertiary/aromatic N) is 2. The number of rotatable bonds is 23. The van der Waals surface area contributed by atoms with Crippen molar-refractivity contribution >= 4 is 24.4 Å². The van der Waals surface area contributed by atoms with E-state index in [4.69, 9.17) is 18.9 Å². The predicted molar refractivity (Wildman–Crippen MR) is 209 cm³/mol. The van der Waals surface area contributed by atoms with Crippen LogP contribution >= 0.6 is 0 Å². The van der Waals surface area contributed by atoms with Crippen molar-refractivity contribution in [3.8, 4) is 23.0 Å². The number of carbonyl (C=O) groups is 2. The molecule has 0 aliphatic heterocycles. The lowest BCUT2D eigenvalue weighted by Crippen LogP contribution is -2.08. The maximum atomic E-state index is 12.5. The molecule has 0 radical (unpaired) electrons. The fourth-order valence-electron chi connectivity index (χ4n) is 5.07. The molecule has 0 saturated heterocycles. The molecule has 8 nitrogen and oxygen atoms in total. The van der Waals surface area contributed by atoms with Gasteiger partial charge in [-0.25, -0.2) is 9.59 Å². The molecule has 8 heteroatoms. The highest BCUT2D eigenvalue weighted by Gasteiger charge is 2.10. The summed E-state index contributed by atoms with van der Waals surface area (Å²) < 4.78 is 22.3. The molecule has 0 unspecified atom stereocenters. The minimum Gasteiger partial charge on any atom is -0.494 e. The number of hydrogen-bond donors (Lipinski definition) is 0. The quantitative estimate of drug-likeness (QED) is 0.0330. The van der Waals surface area contributed by atoms with Gasteiger partial charge in [-0.05, 0) is 134 Å². The Labute approximate surface area is 308 Å². The van der Waals surface area contributed by atoms with Gasteiger partial charge in [0.1, 0.15) is 23.0 Å². The Bertz CT molecular complexity index is 1540. The lowest BCUT2D eigenvalue weighted by atomic mass is 10.1. The van der Waals surface area contributed by atoms with Gasteiger partial charge in [0.2, 0.25) is 0 Å². The third-order valence-electron chi connectivity index (χ3n) is 8.20. The third-order valence-corrected chi connectivity index (χ3v) is 8.20. The summed E-state index contributed by atoms with van der Waals surface area (Å²) in [5, 5.41) is 0. The van der Waals surface area contributed by atoms with Gasteiger partial charge in [0, 0.05) is 25.5 Å². The number of unbranched alkanes of at least 4 members (excludes halogenated alkanes) is 7. The van der Waals surface area contributed by atoms with Crippen LogP contribution in [-0.2, 0) is 0 Å². The largest absolute Gasteiger partial charge is 0.494 e. The molecule has 0 N–H and O–H groups in total. The summed E-state index contributed by atoms with van der Waals surface area (Å²) in [5.41, 5.74) is 2.91. The van der Waals surface area contributed by atoms with Crippen LogP contribution < -0.4 is 18.9 Å². The Morgan fingerprint density at radius 2 is 0.808 bits per heavy atom. The zero-order chi connectivity index (χ0) is 36.6. The number of aliphatic imine (C=N–C) groups is 2. The fourth-order valence-corrected chi connectivity index (χ4v) is 5.07. The summed E-state index contributed by atoms with van der Waals surface area (Å²) in [6.45, 7) is 7.16. The lowest BCUT2D eigenvalue weighted by molar-refractivity contribution is 0.0725. The normalized spacial score (nSPS) is 11.2. The summed E-state index contributed by atoms with van der Waals surface area (Å²) in [4.78, 5) is 34.1. The van der Waals surface area contributed by atoms with Gasteiger partial charge in [0.25, 0.3) is 0 Å². The van der Waals surface area contributed by atoms with E-state index >= 15 is 0 Å². The summed E-state index contributed by atoms with van der Waals surface area (Å²) in [6, 6.07) is 28.8. The van der Waals surface area contributed by atoms with Crippen LogP contribution in [-0.4, -0.2) is 50.7 Å². The maximum Gasteiger partial charge on any atom is 0.343 e. The Kier molecular flexibility index (Phi) is 17.7. The first-order valence-electron chi connectivity index (χ1n) is 18.6. The number of esters is 2. The van der Waals surface area contributed by atoms with E-state index < -0.39 is 11.9 Å². The van der Waals surface area contributed by atoms with Crippen LogP contribution in [0.2, 0.25) is 0 Å². The van der Waals surface area contributed by atoms with Crippen molar-refractivity contribution in [1.29, 1.82) is 0 Å². The zero-order valence-electron chi connectivity index (χ0n) is 30.6. The van der Waals surface area contributed by atoms with Crippen molar-refractivity contribution in [2.24, 2.45) is 9.98 Å². The van der Waals surface area contributed by atoms with Crippen LogP contribution in [0.25, 0.3) is 0 Å². The molecule has 4 rings (SSSR count). The molecule has 0 amide bonds. The van der Waals surface area contributed by atoms with Crippen molar-refractivity contribution < 1.29 is 28.5 Å². The highest BCUT2D eigenvalue weighted by atomic mass is 16.5. The average Bonchev–Trinajstić information content (AvgIpc) is 3.17. The van der Waals surface area contributed by atoms with E-state index in [1.54, 1.807) is 72.8 Å². The summed E-state index contributed by atoms with van der Waals surface area (Å²) in [5.74, 6) is 1.70. The molecule has 4 aromatic carbocycles. The van der Waals surface area contributed by atoms with Crippen molar-refractivity contribution in [2.75, 3.05) is 26.3 Å². The highest BCUT2D eigenvalue weighted by Crippen LogP contribution is 2.19. The van der Waals surface area contributed by atoms with Gasteiger partial charge < -0.3 is 18.9 Å². The summed E-state index contributed by atoms with van der Waals surface area (Å²) in [6.07, 6.45) is 14.7. The van der Waals surface area contributed by atoms with Crippen LogP contribution in [0.1, 0.15) is 110 Å². The van der Waals surface area contributed by atoms with Crippen molar-refractivity contribution in [3.05, 3.63) is 119 Å². The molecule has 0 atom stereocenters. The van der Waals surface area contributed by atoms with Crippen molar-refractivity contribution in [2.45, 2.75) is 78.1 Å². The molecule has 0 bridgehead atoms. The highest BCUT2D eigenvalue weighted by molar-refractivity contribution is 5.92. The van der Waals surface area contributed by atoms with E-state index in [2.05, 4.69) is 23.8 Å². The summed E-state index contributed by atoms with van der Waals surface area (Å²) in [7, 11) is 0. The Balaban J connectivity index is 1.01. The minimum absolute atomic E-state index is 0.398. The molecule has 0 spiro atoms. The minimum atomic E-state index is -0.398. The van der Waals surface area contributed by atoms with Gasteiger partial charge in [0.15, 0.2) is 0 Å². The molecular formula is C44H52N2O6. The van der Waals surface area contributed by atoms with Gasteiger partial charge in [-0.2, -0.15) is 0 Å². The van der Waals surface area contributed by atoms with E-state index in [1.165, 1.54) is 12.8 Å². The summed E-state index contributed by atoms with van der Waals surface area (Å²) >= 11 is 0. The molecular weight excluding hydrogens is 652 g/mol. The number of ether oxygens (including phenoxy) is 4. The monoisotopic (exact) mass is 704 g/mol. The van der Waals surface area contributed by atoms with Crippen molar-refractivity contribution in [1.82, 2.24) is 0 Å². The molecule has 4 aromatic rings. The first kappa shape index (κ1) is 39.5. The second-order valence-corrected chi connectivity index (χ2v) is 12.6. The van der Waals surface area contributed by atoms with E-state index in [9.17, 15) is 9.59 Å². The average molecular weight is 705 g/mol. The van der Waals surface area contributed by atoms with E-state index in [1.807, 2.05) is 36.7 Å². The number of benzene rings is 4. The Morgan fingerprint density at radius 1 is 0.462 bits per heavy atom. The van der Waals surface area contributed by atoms with Gasteiger partial charge in [-0.1, -0.05) is 52.4 Å². The van der Waals surface area contributed by atoms with Crippen LogP contribution in [0.3, 0.4) is 0 Å².